The van der Waals surface area contributed by atoms with Gasteiger partial charge in [-0.2, -0.15) is 0 Å². The van der Waals surface area contributed by atoms with Crippen molar-refractivity contribution in [2.45, 2.75) is 26.0 Å². The Hall–Kier alpha value is -1.10. The molecule has 4 heteroatoms. The van der Waals surface area contributed by atoms with Crippen molar-refractivity contribution >= 4 is 0 Å². The van der Waals surface area contributed by atoms with Crippen molar-refractivity contribution in [3.63, 3.8) is 0 Å². The molecule has 0 aliphatic carbocycles. The maximum Gasteiger partial charge on any atom is 0.119 e. The molecule has 0 spiro atoms. The van der Waals surface area contributed by atoms with Crippen molar-refractivity contribution in [3.05, 3.63) is 29.8 Å². The molecule has 0 aromatic heterocycles. The second kappa shape index (κ2) is 7.62. The molecule has 1 aromatic rings. The molecule has 0 amide bonds. The fraction of sp³-hybridized carbons (Fsp3) is 0.625. The third-order valence-corrected chi connectivity index (χ3v) is 3.64. The lowest BCUT2D eigenvalue weighted by molar-refractivity contribution is -0.0390. The molecule has 1 aromatic carbocycles. The zero-order chi connectivity index (χ0) is 14.4. The summed E-state index contributed by atoms with van der Waals surface area (Å²) in [5.41, 5.74) is 1.26. The van der Waals surface area contributed by atoms with Gasteiger partial charge >= 0.3 is 0 Å². The van der Waals surface area contributed by atoms with Crippen LogP contribution >= 0.6 is 0 Å². The fourth-order valence-electron chi connectivity index (χ4n) is 2.63. The second-order valence-corrected chi connectivity index (χ2v) is 5.21. The molecule has 1 aliphatic heterocycles. The molecule has 1 N–H and O–H groups in total. The number of nitrogens with one attached hydrogen (secondary N) is 1. The van der Waals surface area contributed by atoms with Crippen LogP contribution in [0.25, 0.3) is 0 Å². The number of hydrogen-bond acceptors (Lipinski definition) is 4. The van der Waals surface area contributed by atoms with Gasteiger partial charge in [-0.3, -0.25) is 0 Å². The molecule has 2 rings (SSSR count). The molecule has 2 atom stereocenters. The van der Waals surface area contributed by atoms with E-state index in [2.05, 4.69) is 36.3 Å². The van der Waals surface area contributed by atoms with Gasteiger partial charge in [-0.1, -0.05) is 19.1 Å². The van der Waals surface area contributed by atoms with Crippen LogP contribution in [0.3, 0.4) is 0 Å². The summed E-state index contributed by atoms with van der Waals surface area (Å²) in [7, 11) is 2.15. The Balaban J connectivity index is 2.10. The van der Waals surface area contributed by atoms with Crippen LogP contribution in [-0.2, 0) is 4.74 Å². The van der Waals surface area contributed by atoms with E-state index in [0.29, 0.717) is 6.61 Å². The molecule has 4 nitrogen and oxygen atoms in total. The minimum atomic E-state index is 0.201. The van der Waals surface area contributed by atoms with Gasteiger partial charge in [0.15, 0.2) is 0 Å². The Morgan fingerprint density at radius 3 is 2.70 bits per heavy atom. The van der Waals surface area contributed by atoms with Crippen molar-refractivity contribution in [1.29, 1.82) is 0 Å². The highest BCUT2D eigenvalue weighted by Crippen LogP contribution is 2.24. The van der Waals surface area contributed by atoms with Gasteiger partial charge in [0.1, 0.15) is 5.75 Å². The largest absolute Gasteiger partial charge is 0.494 e. The van der Waals surface area contributed by atoms with Gasteiger partial charge in [-0.25, -0.2) is 0 Å². The predicted octanol–water partition coefficient (Wildman–Crippen LogP) is 2.07. The minimum absolute atomic E-state index is 0.201. The summed E-state index contributed by atoms with van der Waals surface area (Å²) in [6.45, 7) is 8.55. The van der Waals surface area contributed by atoms with Crippen molar-refractivity contribution in [1.82, 2.24) is 10.2 Å². The van der Waals surface area contributed by atoms with E-state index in [4.69, 9.17) is 9.47 Å². The third-order valence-electron chi connectivity index (χ3n) is 3.64. The molecular weight excluding hydrogens is 252 g/mol. The van der Waals surface area contributed by atoms with E-state index in [-0.39, 0.29) is 12.1 Å². The molecule has 1 aliphatic rings. The van der Waals surface area contributed by atoms with Crippen molar-refractivity contribution < 1.29 is 9.47 Å². The normalized spacial score (nSPS) is 21.6. The van der Waals surface area contributed by atoms with Crippen molar-refractivity contribution in [2.75, 3.05) is 39.9 Å². The molecule has 1 saturated heterocycles. The minimum Gasteiger partial charge on any atom is -0.494 e. The number of morpholine rings is 1. The highest BCUT2D eigenvalue weighted by molar-refractivity contribution is 5.30. The molecule has 1 heterocycles. The zero-order valence-electron chi connectivity index (χ0n) is 12.8. The molecule has 0 radical (unpaired) electrons. The quantitative estimate of drug-likeness (QED) is 0.863. The molecule has 2 unspecified atom stereocenters. The topological polar surface area (TPSA) is 33.7 Å². The van der Waals surface area contributed by atoms with Crippen LogP contribution in [0, 0.1) is 0 Å². The summed E-state index contributed by atoms with van der Waals surface area (Å²) in [5, 5.41) is 3.55. The summed E-state index contributed by atoms with van der Waals surface area (Å²) in [4.78, 5) is 2.33. The molecule has 0 saturated carbocycles. The highest BCUT2D eigenvalue weighted by atomic mass is 16.5. The summed E-state index contributed by atoms with van der Waals surface area (Å²) >= 11 is 0. The van der Waals surface area contributed by atoms with Gasteiger partial charge in [0.25, 0.3) is 0 Å². The average Bonchev–Trinajstić information content (AvgIpc) is 2.46. The van der Waals surface area contributed by atoms with Crippen LogP contribution in [0.15, 0.2) is 24.3 Å². The molecule has 0 bridgehead atoms. The lowest BCUT2D eigenvalue weighted by Gasteiger charge is -2.35. The summed E-state index contributed by atoms with van der Waals surface area (Å²) in [6, 6.07) is 8.58. The maximum absolute atomic E-state index is 5.96. The summed E-state index contributed by atoms with van der Waals surface area (Å²) < 4.78 is 11.5. The monoisotopic (exact) mass is 278 g/mol. The first-order chi connectivity index (χ1) is 9.74. The number of ether oxygens (including phenoxy) is 2. The Kier molecular flexibility index (Phi) is 5.83. The molecule has 20 heavy (non-hydrogen) atoms. The summed E-state index contributed by atoms with van der Waals surface area (Å²) in [5.74, 6) is 0.924. The predicted molar refractivity (Wildman–Crippen MR) is 81.3 cm³/mol. The standard InChI is InChI=1S/C16H26N2O2/c1-4-17-16(15-12-18(3)10-11-20-15)13-6-8-14(9-7-13)19-5-2/h6-9,15-17H,4-5,10-12H2,1-3H3. The zero-order valence-corrected chi connectivity index (χ0v) is 12.8. The number of rotatable bonds is 6. The van der Waals surface area contributed by atoms with E-state index in [1.54, 1.807) is 0 Å². The number of nitrogens with zero attached hydrogens (tertiary/aromatic N) is 1. The van der Waals surface area contributed by atoms with E-state index >= 15 is 0 Å². The van der Waals surface area contributed by atoms with Gasteiger partial charge in [-0.15, -0.1) is 0 Å². The fourth-order valence-corrected chi connectivity index (χ4v) is 2.63. The van der Waals surface area contributed by atoms with Gasteiger partial charge < -0.3 is 19.7 Å². The first kappa shape index (κ1) is 15.3. The van der Waals surface area contributed by atoms with Crippen molar-refractivity contribution in [3.8, 4) is 5.75 Å². The number of likely N-dealkylation sites (N-methyl/N-ethyl adjacent to an activating group) is 2. The van der Waals surface area contributed by atoms with Gasteiger partial charge in [0, 0.05) is 13.1 Å². The molecular formula is C16H26N2O2. The van der Waals surface area contributed by atoms with Gasteiger partial charge in [0.2, 0.25) is 0 Å². The Morgan fingerprint density at radius 2 is 2.10 bits per heavy atom. The Labute approximate surface area is 122 Å². The summed E-state index contributed by atoms with van der Waals surface area (Å²) in [6.07, 6.45) is 0.201. The van der Waals surface area contributed by atoms with E-state index in [0.717, 1.165) is 32.0 Å². The van der Waals surface area contributed by atoms with Crippen LogP contribution in [0.1, 0.15) is 25.5 Å². The Bertz CT molecular complexity index is 394. The first-order valence-electron chi connectivity index (χ1n) is 7.50. The van der Waals surface area contributed by atoms with E-state index in [1.165, 1.54) is 5.56 Å². The average molecular weight is 278 g/mol. The first-order valence-corrected chi connectivity index (χ1v) is 7.50. The maximum atomic E-state index is 5.96. The van der Waals surface area contributed by atoms with Crippen LogP contribution in [0.4, 0.5) is 0 Å². The van der Waals surface area contributed by atoms with E-state index < -0.39 is 0 Å². The van der Waals surface area contributed by atoms with Gasteiger partial charge in [0.05, 0.1) is 25.4 Å². The number of benzene rings is 1. The number of hydrogen-bond donors (Lipinski definition) is 1. The van der Waals surface area contributed by atoms with E-state index in [1.807, 2.05) is 19.1 Å². The lowest BCUT2D eigenvalue weighted by Crippen LogP contribution is -2.46. The highest BCUT2D eigenvalue weighted by Gasteiger charge is 2.27. The molecule has 1 fully saturated rings. The van der Waals surface area contributed by atoms with E-state index in [9.17, 15) is 0 Å². The second-order valence-electron chi connectivity index (χ2n) is 5.21. The lowest BCUT2D eigenvalue weighted by atomic mass is 10.00. The van der Waals surface area contributed by atoms with Crippen LogP contribution < -0.4 is 10.1 Å². The Morgan fingerprint density at radius 1 is 1.35 bits per heavy atom. The van der Waals surface area contributed by atoms with Crippen LogP contribution in [-0.4, -0.2) is 50.9 Å². The molecule has 112 valence electrons. The van der Waals surface area contributed by atoms with Gasteiger partial charge in [-0.05, 0) is 38.2 Å². The smallest absolute Gasteiger partial charge is 0.119 e. The van der Waals surface area contributed by atoms with Crippen molar-refractivity contribution in [2.24, 2.45) is 0 Å². The SMILES string of the molecule is CCNC(c1ccc(OCC)cc1)C1CN(C)CCO1. The van der Waals surface area contributed by atoms with Crippen LogP contribution in [0.5, 0.6) is 5.75 Å². The van der Waals surface area contributed by atoms with Crippen LogP contribution in [0.2, 0.25) is 0 Å². The third kappa shape index (κ3) is 3.95.